The average molecular weight is 415 g/mol. The second-order valence-corrected chi connectivity index (χ2v) is 7.24. The van der Waals surface area contributed by atoms with Crippen LogP contribution in [-0.2, 0) is 4.74 Å². The normalized spacial score (nSPS) is 12.6. The van der Waals surface area contributed by atoms with Crippen molar-refractivity contribution >= 4 is 23.5 Å². The molecule has 0 spiro atoms. The zero-order chi connectivity index (χ0) is 22.0. The molecule has 0 unspecified atom stereocenters. The number of benzene rings is 3. The van der Waals surface area contributed by atoms with Crippen LogP contribution in [0.15, 0.2) is 66.7 Å². The van der Waals surface area contributed by atoms with Crippen molar-refractivity contribution in [3.05, 3.63) is 94.5 Å². The van der Waals surface area contributed by atoms with Crippen LogP contribution in [0.25, 0.3) is 0 Å². The number of nitrogens with zero attached hydrogens (tertiary/aromatic N) is 1. The van der Waals surface area contributed by atoms with Gasteiger partial charge in [0, 0.05) is 0 Å². The van der Waals surface area contributed by atoms with Crippen molar-refractivity contribution in [3.8, 4) is 5.75 Å². The molecule has 0 fully saturated rings. The maximum absolute atomic E-state index is 12.9. The lowest BCUT2D eigenvalue weighted by Crippen LogP contribution is -2.29. The quantitative estimate of drug-likeness (QED) is 0.340. The zero-order valence-corrected chi connectivity index (χ0v) is 17.3. The Labute approximate surface area is 180 Å². The molecule has 0 saturated carbocycles. The molecular formula is C25H21NO5. The van der Waals surface area contributed by atoms with Crippen LogP contribution >= 0.6 is 0 Å². The third-order valence-corrected chi connectivity index (χ3v) is 5.15. The Bertz CT molecular complexity index is 1180. The van der Waals surface area contributed by atoms with E-state index in [2.05, 4.69) is 0 Å². The third kappa shape index (κ3) is 3.92. The highest BCUT2D eigenvalue weighted by molar-refractivity contribution is 6.34. The van der Waals surface area contributed by atoms with Crippen molar-refractivity contribution in [2.24, 2.45) is 0 Å². The monoisotopic (exact) mass is 415 g/mol. The van der Waals surface area contributed by atoms with E-state index in [4.69, 9.17) is 9.47 Å². The van der Waals surface area contributed by atoms with Crippen LogP contribution in [0.4, 0.5) is 5.69 Å². The van der Waals surface area contributed by atoms with E-state index in [0.29, 0.717) is 5.69 Å². The minimum atomic E-state index is -0.578. The Balaban J connectivity index is 1.44. The molecule has 1 aliphatic rings. The van der Waals surface area contributed by atoms with Gasteiger partial charge in [-0.1, -0.05) is 36.4 Å². The van der Waals surface area contributed by atoms with Crippen LogP contribution < -0.4 is 9.64 Å². The lowest BCUT2D eigenvalue weighted by atomic mass is 10.1. The van der Waals surface area contributed by atoms with Gasteiger partial charge in [-0.3, -0.25) is 9.59 Å². The fourth-order valence-electron chi connectivity index (χ4n) is 3.49. The van der Waals surface area contributed by atoms with Crippen molar-refractivity contribution in [2.75, 3.05) is 18.1 Å². The zero-order valence-electron chi connectivity index (χ0n) is 17.3. The van der Waals surface area contributed by atoms with E-state index in [-0.39, 0.29) is 29.9 Å². The summed E-state index contributed by atoms with van der Waals surface area (Å²) in [5.74, 6) is -0.699. The summed E-state index contributed by atoms with van der Waals surface area (Å²) in [7, 11) is 0. The maximum Gasteiger partial charge on any atom is 0.338 e. The van der Waals surface area contributed by atoms with E-state index in [9.17, 15) is 14.4 Å². The van der Waals surface area contributed by atoms with E-state index < -0.39 is 17.8 Å². The molecule has 3 aromatic rings. The Hall–Kier alpha value is -3.93. The summed E-state index contributed by atoms with van der Waals surface area (Å²) in [4.78, 5) is 39.3. The smallest absolute Gasteiger partial charge is 0.338 e. The number of rotatable bonds is 6. The predicted molar refractivity (Wildman–Crippen MR) is 116 cm³/mol. The number of esters is 1. The highest BCUT2D eigenvalue weighted by atomic mass is 16.6. The van der Waals surface area contributed by atoms with Gasteiger partial charge in [-0.2, -0.15) is 0 Å². The number of carbonyl (C=O) groups excluding carboxylic acids is 3. The van der Waals surface area contributed by atoms with Crippen LogP contribution in [0, 0.1) is 13.8 Å². The van der Waals surface area contributed by atoms with Crippen molar-refractivity contribution in [1.29, 1.82) is 0 Å². The van der Waals surface area contributed by atoms with E-state index in [0.717, 1.165) is 21.8 Å². The lowest BCUT2D eigenvalue weighted by Gasteiger charge is -2.16. The third-order valence-electron chi connectivity index (χ3n) is 5.15. The maximum atomic E-state index is 12.9. The van der Waals surface area contributed by atoms with E-state index >= 15 is 0 Å². The van der Waals surface area contributed by atoms with Gasteiger partial charge in [0.2, 0.25) is 0 Å². The number of hydrogen-bond donors (Lipinski definition) is 0. The Morgan fingerprint density at radius 3 is 2.23 bits per heavy atom. The van der Waals surface area contributed by atoms with Crippen molar-refractivity contribution in [1.82, 2.24) is 0 Å². The summed E-state index contributed by atoms with van der Waals surface area (Å²) in [6.45, 7) is 4.04. The standard InChI is InChI=1S/C25H21NO5/c1-16-7-3-5-9-21(16)26-23(27)19-12-11-18(15-20(19)24(26)28)25(29)31-14-13-30-22-10-6-4-8-17(22)2/h3-12,15H,13-14H2,1-2H3. The molecule has 0 atom stereocenters. The number of fused-ring (bicyclic) bond motifs is 1. The number of carbonyl (C=O) groups is 3. The van der Waals surface area contributed by atoms with E-state index in [1.807, 2.05) is 50.2 Å². The molecule has 0 N–H and O–H groups in total. The first kappa shape index (κ1) is 20.3. The molecule has 0 saturated heterocycles. The number of imide groups is 1. The van der Waals surface area contributed by atoms with Crippen molar-refractivity contribution in [3.63, 3.8) is 0 Å². The Morgan fingerprint density at radius 1 is 0.806 bits per heavy atom. The second-order valence-electron chi connectivity index (χ2n) is 7.24. The molecule has 3 aromatic carbocycles. The molecule has 6 nitrogen and oxygen atoms in total. The molecule has 6 heteroatoms. The van der Waals surface area contributed by atoms with Gasteiger partial charge in [0.15, 0.2) is 0 Å². The molecule has 2 amide bonds. The molecule has 0 radical (unpaired) electrons. The van der Waals surface area contributed by atoms with E-state index in [1.165, 1.54) is 18.2 Å². The predicted octanol–water partition coefficient (Wildman–Crippen LogP) is 4.34. The molecule has 0 aromatic heterocycles. The second kappa shape index (κ2) is 8.44. The molecule has 1 aliphatic heterocycles. The minimum Gasteiger partial charge on any atom is -0.490 e. The number of para-hydroxylation sites is 2. The van der Waals surface area contributed by atoms with Gasteiger partial charge in [0.1, 0.15) is 19.0 Å². The molecule has 1 heterocycles. The molecule has 0 aliphatic carbocycles. The number of amides is 2. The summed E-state index contributed by atoms with van der Waals surface area (Å²) in [5.41, 5.74) is 3.01. The van der Waals surface area contributed by atoms with Gasteiger partial charge in [-0.15, -0.1) is 0 Å². The molecule has 4 rings (SSSR count). The largest absolute Gasteiger partial charge is 0.490 e. The van der Waals surface area contributed by atoms with Crippen molar-refractivity contribution in [2.45, 2.75) is 13.8 Å². The number of hydrogen-bond acceptors (Lipinski definition) is 5. The van der Waals surface area contributed by atoms with Crippen LogP contribution in [-0.4, -0.2) is 31.0 Å². The van der Waals surface area contributed by atoms with Gasteiger partial charge in [-0.05, 0) is 55.3 Å². The van der Waals surface area contributed by atoms with Crippen molar-refractivity contribution < 1.29 is 23.9 Å². The van der Waals surface area contributed by atoms with Crippen LogP contribution in [0.1, 0.15) is 42.2 Å². The van der Waals surface area contributed by atoms with Crippen LogP contribution in [0.3, 0.4) is 0 Å². The summed E-state index contributed by atoms with van der Waals surface area (Å²) in [6, 6.07) is 19.1. The fraction of sp³-hybridized carbons (Fsp3) is 0.160. The molecule has 0 bridgehead atoms. The van der Waals surface area contributed by atoms with Gasteiger partial charge in [0.25, 0.3) is 11.8 Å². The molecule has 31 heavy (non-hydrogen) atoms. The van der Waals surface area contributed by atoms with Gasteiger partial charge in [-0.25, -0.2) is 9.69 Å². The van der Waals surface area contributed by atoms with Gasteiger partial charge < -0.3 is 9.47 Å². The highest BCUT2D eigenvalue weighted by Crippen LogP contribution is 2.31. The number of ether oxygens (including phenoxy) is 2. The fourth-order valence-corrected chi connectivity index (χ4v) is 3.49. The summed E-state index contributed by atoms with van der Waals surface area (Å²) in [6.07, 6.45) is 0. The first-order chi connectivity index (χ1) is 15.0. The highest BCUT2D eigenvalue weighted by Gasteiger charge is 2.37. The summed E-state index contributed by atoms with van der Waals surface area (Å²) >= 11 is 0. The van der Waals surface area contributed by atoms with Crippen LogP contribution in [0.5, 0.6) is 5.75 Å². The average Bonchev–Trinajstić information content (AvgIpc) is 3.02. The number of anilines is 1. The number of aryl methyl sites for hydroxylation is 2. The molecular weight excluding hydrogens is 394 g/mol. The molecule has 156 valence electrons. The van der Waals surface area contributed by atoms with Crippen LogP contribution in [0.2, 0.25) is 0 Å². The lowest BCUT2D eigenvalue weighted by molar-refractivity contribution is 0.0450. The summed E-state index contributed by atoms with van der Waals surface area (Å²) < 4.78 is 10.9. The summed E-state index contributed by atoms with van der Waals surface area (Å²) in [5, 5.41) is 0. The Kier molecular flexibility index (Phi) is 5.54. The van der Waals surface area contributed by atoms with Gasteiger partial charge in [0.05, 0.1) is 22.4 Å². The SMILES string of the molecule is Cc1ccccc1OCCOC(=O)c1ccc2c(c1)C(=O)N(c1ccccc1C)C2=O. The van der Waals surface area contributed by atoms with E-state index in [1.54, 1.807) is 12.1 Å². The van der Waals surface area contributed by atoms with Gasteiger partial charge >= 0.3 is 5.97 Å². The topological polar surface area (TPSA) is 72.9 Å². The first-order valence-corrected chi connectivity index (χ1v) is 9.91. The minimum absolute atomic E-state index is 0.0620. The first-order valence-electron chi connectivity index (χ1n) is 9.91. The Morgan fingerprint density at radius 2 is 1.48 bits per heavy atom.